The molecular formula is C13H13FN2O2S. The van der Waals surface area contributed by atoms with E-state index in [1.165, 1.54) is 18.2 Å². The van der Waals surface area contributed by atoms with Crippen molar-refractivity contribution in [2.75, 3.05) is 18.1 Å². The Labute approximate surface area is 114 Å². The maximum Gasteiger partial charge on any atom is 0.321 e. The molecule has 19 heavy (non-hydrogen) atoms. The van der Waals surface area contributed by atoms with E-state index in [-0.39, 0.29) is 6.54 Å². The van der Waals surface area contributed by atoms with Gasteiger partial charge in [0.25, 0.3) is 0 Å². The quantitative estimate of drug-likeness (QED) is 0.913. The zero-order valence-corrected chi connectivity index (χ0v) is 11.0. The molecule has 1 saturated heterocycles. The van der Waals surface area contributed by atoms with Crippen LogP contribution in [0.25, 0.3) is 0 Å². The largest absolute Gasteiger partial charge is 0.480 e. The van der Waals surface area contributed by atoms with Gasteiger partial charge in [0.2, 0.25) is 0 Å². The third-order valence-electron chi connectivity index (χ3n) is 3.07. The molecule has 0 aromatic heterocycles. The van der Waals surface area contributed by atoms with E-state index in [1.807, 2.05) is 6.07 Å². The third kappa shape index (κ3) is 3.25. The minimum atomic E-state index is -0.885. The second-order valence-corrected chi connectivity index (χ2v) is 5.47. The van der Waals surface area contributed by atoms with E-state index in [0.717, 1.165) is 5.75 Å². The van der Waals surface area contributed by atoms with E-state index in [9.17, 15) is 9.18 Å². The van der Waals surface area contributed by atoms with Crippen molar-refractivity contribution in [3.05, 3.63) is 35.1 Å². The number of rotatable bonds is 3. The number of carboxylic acids is 1. The first-order valence-corrected chi connectivity index (χ1v) is 7.00. The Morgan fingerprint density at radius 3 is 3.11 bits per heavy atom. The van der Waals surface area contributed by atoms with E-state index in [2.05, 4.69) is 0 Å². The summed E-state index contributed by atoms with van der Waals surface area (Å²) in [5.74, 6) is 0.0588. The minimum absolute atomic E-state index is 0.221. The summed E-state index contributed by atoms with van der Waals surface area (Å²) in [5, 5.41) is 18.0. The molecule has 1 aliphatic rings. The predicted molar refractivity (Wildman–Crippen MR) is 70.3 cm³/mol. The lowest BCUT2D eigenvalue weighted by Gasteiger charge is -2.32. The highest BCUT2D eigenvalue weighted by Gasteiger charge is 2.29. The van der Waals surface area contributed by atoms with Gasteiger partial charge in [0.15, 0.2) is 0 Å². The van der Waals surface area contributed by atoms with Crippen molar-refractivity contribution in [1.82, 2.24) is 4.90 Å². The van der Waals surface area contributed by atoms with Crippen LogP contribution >= 0.6 is 11.8 Å². The van der Waals surface area contributed by atoms with Gasteiger partial charge in [0, 0.05) is 30.2 Å². The number of hydrogen-bond donors (Lipinski definition) is 1. The van der Waals surface area contributed by atoms with Gasteiger partial charge in [-0.15, -0.1) is 0 Å². The van der Waals surface area contributed by atoms with E-state index in [4.69, 9.17) is 10.4 Å². The Kier molecular flexibility index (Phi) is 4.40. The molecular weight excluding hydrogens is 267 g/mol. The Balaban J connectivity index is 2.19. The van der Waals surface area contributed by atoms with Crippen LogP contribution in [0.5, 0.6) is 0 Å². The van der Waals surface area contributed by atoms with Crippen molar-refractivity contribution >= 4 is 17.7 Å². The average Bonchev–Trinajstić information content (AvgIpc) is 2.41. The van der Waals surface area contributed by atoms with Gasteiger partial charge < -0.3 is 5.11 Å². The molecule has 0 radical (unpaired) electrons. The second kappa shape index (κ2) is 6.04. The highest BCUT2D eigenvalue weighted by atomic mass is 32.2. The summed E-state index contributed by atoms with van der Waals surface area (Å²) in [4.78, 5) is 12.9. The van der Waals surface area contributed by atoms with Crippen LogP contribution < -0.4 is 0 Å². The number of benzene rings is 1. The van der Waals surface area contributed by atoms with Crippen LogP contribution in [-0.4, -0.2) is 40.1 Å². The molecule has 1 aromatic carbocycles. The van der Waals surface area contributed by atoms with Crippen molar-refractivity contribution < 1.29 is 14.3 Å². The van der Waals surface area contributed by atoms with Gasteiger partial charge in [0.1, 0.15) is 11.9 Å². The van der Waals surface area contributed by atoms with Crippen LogP contribution in [0.2, 0.25) is 0 Å². The standard InChI is InChI=1S/C13H13FN2O2S/c14-11-2-1-9(6-15)5-10(11)7-16-3-4-19-8-12(16)13(17)18/h1-2,5,12H,3-4,7-8H2,(H,17,18). The molecule has 6 heteroatoms. The van der Waals surface area contributed by atoms with Crippen LogP contribution in [0.15, 0.2) is 18.2 Å². The van der Waals surface area contributed by atoms with Crippen molar-refractivity contribution in [3.8, 4) is 6.07 Å². The fourth-order valence-corrected chi connectivity index (χ4v) is 3.15. The Morgan fingerprint density at radius 2 is 2.42 bits per heavy atom. The molecule has 1 N–H and O–H groups in total. The highest BCUT2D eigenvalue weighted by Crippen LogP contribution is 2.21. The van der Waals surface area contributed by atoms with Gasteiger partial charge in [-0.3, -0.25) is 9.69 Å². The molecule has 100 valence electrons. The highest BCUT2D eigenvalue weighted by molar-refractivity contribution is 7.99. The number of nitrogens with zero attached hydrogens (tertiary/aromatic N) is 2. The summed E-state index contributed by atoms with van der Waals surface area (Å²) in [7, 11) is 0. The maximum absolute atomic E-state index is 13.7. The number of thioether (sulfide) groups is 1. The van der Waals surface area contributed by atoms with Gasteiger partial charge in [0.05, 0.1) is 11.6 Å². The monoisotopic (exact) mass is 280 g/mol. The lowest BCUT2D eigenvalue weighted by atomic mass is 10.1. The Hall–Kier alpha value is -1.58. The molecule has 1 aliphatic heterocycles. The van der Waals surface area contributed by atoms with E-state index < -0.39 is 17.8 Å². The maximum atomic E-state index is 13.7. The van der Waals surface area contributed by atoms with Crippen molar-refractivity contribution in [3.63, 3.8) is 0 Å². The smallest absolute Gasteiger partial charge is 0.321 e. The molecule has 0 saturated carbocycles. The van der Waals surface area contributed by atoms with Crippen LogP contribution in [0.3, 0.4) is 0 Å². The van der Waals surface area contributed by atoms with Crippen LogP contribution in [0.4, 0.5) is 4.39 Å². The van der Waals surface area contributed by atoms with Gasteiger partial charge in [-0.2, -0.15) is 17.0 Å². The first-order chi connectivity index (χ1) is 9.11. The molecule has 1 fully saturated rings. The van der Waals surface area contributed by atoms with Crippen molar-refractivity contribution in [2.45, 2.75) is 12.6 Å². The minimum Gasteiger partial charge on any atom is -0.480 e. The molecule has 2 rings (SSSR count). The summed E-state index contributed by atoms with van der Waals surface area (Å²) in [6.45, 7) is 0.830. The molecule has 1 atom stereocenters. The first-order valence-electron chi connectivity index (χ1n) is 5.85. The summed E-state index contributed by atoms with van der Waals surface area (Å²) in [5.41, 5.74) is 0.756. The van der Waals surface area contributed by atoms with Gasteiger partial charge in [-0.1, -0.05) is 0 Å². The number of carbonyl (C=O) groups is 1. The average molecular weight is 280 g/mol. The van der Waals surface area contributed by atoms with Gasteiger partial charge >= 0.3 is 5.97 Å². The predicted octanol–water partition coefficient (Wildman–Crippen LogP) is 1.70. The molecule has 0 spiro atoms. The second-order valence-electron chi connectivity index (χ2n) is 4.32. The zero-order valence-electron chi connectivity index (χ0n) is 10.2. The normalized spacial score (nSPS) is 19.9. The van der Waals surface area contributed by atoms with E-state index in [0.29, 0.717) is 23.4 Å². The van der Waals surface area contributed by atoms with Crippen molar-refractivity contribution in [2.24, 2.45) is 0 Å². The van der Waals surface area contributed by atoms with E-state index in [1.54, 1.807) is 16.7 Å². The number of hydrogen-bond acceptors (Lipinski definition) is 4. The fraction of sp³-hybridized carbons (Fsp3) is 0.385. The van der Waals surface area contributed by atoms with E-state index >= 15 is 0 Å². The topological polar surface area (TPSA) is 64.3 Å². The number of carboxylic acid groups (broad SMARTS) is 1. The number of halogens is 1. The van der Waals surface area contributed by atoms with Crippen LogP contribution in [0, 0.1) is 17.1 Å². The Bertz CT molecular complexity index is 530. The SMILES string of the molecule is N#Cc1ccc(F)c(CN2CCSCC2C(=O)O)c1. The van der Waals surface area contributed by atoms with Crippen molar-refractivity contribution in [1.29, 1.82) is 5.26 Å². The zero-order chi connectivity index (χ0) is 13.8. The van der Waals surface area contributed by atoms with Crippen LogP contribution in [0.1, 0.15) is 11.1 Å². The molecule has 0 bridgehead atoms. The lowest BCUT2D eigenvalue weighted by molar-refractivity contribution is -0.142. The summed E-state index contributed by atoms with van der Waals surface area (Å²) < 4.78 is 13.7. The fourth-order valence-electron chi connectivity index (χ4n) is 2.04. The molecule has 1 heterocycles. The number of aliphatic carboxylic acids is 1. The number of nitriles is 1. The Morgan fingerprint density at radius 1 is 1.63 bits per heavy atom. The molecule has 1 unspecified atom stereocenters. The van der Waals surface area contributed by atoms with Gasteiger partial charge in [-0.25, -0.2) is 4.39 Å². The third-order valence-corrected chi connectivity index (χ3v) is 4.10. The van der Waals surface area contributed by atoms with Gasteiger partial charge in [-0.05, 0) is 18.2 Å². The summed E-state index contributed by atoms with van der Waals surface area (Å²) in [6.07, 6.45) is 0. The lowest BCUT2D eigenvalue weighted by Crippen LogP contribution is -2.46. The molecule has 4 nitrogen and oxygen atoms in total. The molecule has 1 aromatic rings. The summed E-state index contributed by atoms with van der Waals surface area (Å²) >= 11 is 1.59. The summed E-state index contributed by atoms with van der Waals surface area (Å²) in [6, 6.07) is 5.52. The first kappa shape index (κ1) is 13.8. The molecule has 0 amide bonds. The molecule has 0 aliphatic carbocycles. The van der Waals surface area contributed by atoms with Crippen LogP contribution in [-0.2, 0) is 11.3 Å².